The zero-order valence-electron chi connectivity index (χ0n) is 14.7. The van der Waals surface area contributed by atoms with Crippen molar-refractivity contribution in [2.24, 2.45) is 0 Å². The van der Waals surface area contributed by atoms with Gasteiger partial charge in [0.15, 0.2) is 0 Å². The monoisotopic (exact) mass is 431 g/mol. The lowest BCUT2D eigenvalue weighted by molar-refractivity contribution is -0.384. The number of anilines is 2. The van der Waals surface area contributed by atoms with Crippen molar-refractivity contribution in [2.75, 3.05) is 10.0 Å². The average molecular weight is 432 g/mol. The van der Waals surface area contributed by atoms with Crippen LogP contribution in [0.3, 0.4) is 0 Å². The number of nitro benzene ring substituents is 1. The molecule has 0 fully saturated rings. The minimum Gasteiger partial charge on any atom is -0.322 e. The molecule has 0 unspecified atom stereocenters. The van der Waals surface area contributed by atoms with E-state index in [4.69, 9.17) is 11.6 Å². The summed E-state index contributed by atoms with van der Waals surface area (Å²) >= 11 is 5.74. The summed E-state index contributed by atoms with van der Waals surface area (Å²) in [6.07, 6.45) is 0. The number of rotatable bonds is 6. The molecule has 2 N–H and O–H groups in total. The van der Waals surface area contributed by atoms with Crippen molar-refractivity contribution < 1.29 is 18.1 Å². The van der Waals surface area contributed by atoms with Gasteiger partial charge in [-0.25, -0.2) is 8.42 Å². The molecule has 3 rings (SSSR count). The van der Waals surface area contributed by atoms with E-state index in [0.29, 0.717) is 5.69 Å². The Balaban J connectivity index is 1.91. The Morgan fingerprint density at radius 1 is 0.966 bits per heavy atom. The molecule has 0 radical (unpaired) electrons. The van der Waals surface area contributed by atoms with Crippen molar-refractivity contribution in [3.63, 3.8) is 0 Å². The van der Waals surface area contributed by atoms with E-state index in [1.807, 2.05) is 0 Å². The first-order chi connectivity index (χ1) is 13.8. The summed E-state index contributed by atoms with van der Waals surface area (Å²) in [6, 6.07) is 17.8. The van der Waals surface area contributed by atoms with Gasteiger partial charge in [-0.05, 0) is 36.4 Å². The lowest BCUT2D eigenvalue weighted by Gasteiger charge is -2.13. The third-order valence-corrected chi connectivity index (χ3v) is 5.56. The number of carbonyl (C=O) groups is 1. The van der Waals surface area contributed by atoms with E-state index in [0.717, 1.165) is 18.2 Å². The van der Waals surface area contributed by atoms with Crippen LogP contribution in [0.5, 0.6) is 0 Å². The molecule has 10 heteroatoms. The molecule has 3 aromatic carbocycles. The van der Waals surface area contributed by atoms with Crippen molar-refractivity contribution in [1.29, 1.82) is 0 Å². The Morgan fingerprint density at radius 3 is 2.31 bits per heavy atom. The Labute approximate surface area is 171 Å². The van der Waals surface area contributed by atoms with Crippen LogP contribution < -0.4 is 10.0 Å². The van der Waals surface area contributed by atoms with Gasteiger partial charge in [-0.1, -0.05) is 41.9 Å². The summed E-state index contributed by atoms with van der Waals surface area (Å²) in [6.45, 7) is 0. The third kappa shape index (κ3) is 4.71. The van der Waals surface area contributed by atoms with Gasteiger partial charge in [0.2, 0.25) is 0 Å². The topological polar surface area (TPSA) is 118 Å². The summed E-state index contributed by atoms with van der Waals surface area (Å²) in [4.78, 5) is 22.5. The molecule has 29 heavy (non-hydrogen) atoms. The van der Waals surface area contributed by atoms with Crippen molar-refractivity contribution in [2.45, 2.75) is 4.90 Å². The maximum atomic E-state index is 12.7. The fraction of sp³-hybridized carbons (Fsp3) is 0. The second-order valence-electron chi connectivity index (χ2n) is 5.84. The molecule has 0 aliphatic rings. The third-order valence-electron chi connectivity index (χ3n) is 3.87. The van der Waals surface area contributed by atoms with E-state index in [2.05, 4.69) is 10.0 Å². The highest BCUT2D eigenvalue weighted by atomic mass is 35.5. The Bertz CT molecular complexity index is 1180. The van der Waals surface area contributed by atoms with E-state index >= 15 is 0 Å². The van der Waals surface area contributed by atoms with Gasteiger partial charge in [0.25, 0.3) is 21.6 Å². The van der Waals surface area contributed by atoms with Crippen LogP contribution in [0, 0.1) is 10.1 Å². The summed E-state index contributed by atoms with van der Waals surface area (Å²) in [5, 5.41) is 13.5. The number of carbonyl (C=O) groups excluding carboxylic acids is 1. The normalized spacial score (nSPS) is 10.9. The number of hydrogen-bond acceptors (Lipinski definition) is 5. The predicted octanol–water partition coefficient (Wildman–Crippen LogP) is 4.30. The van der Waals surface area contributed by atoms with E-state index in [1.165, 1.54) is 12.1 Å². The molecule has 0 heterocycles. The number of benzene rings is 3. The van der Waals surface area contributed by atoms with Crippen LogP contribution in [-0.4, -0.2) is 19.2 Å². The van der Waals surface area contributed by atoms with Gasteiger partial charge in [0.05, 0.1) is 21.1 Å². The minimum atomic E-state index is -4.21. The summed E-state index contributed by atoms with van der Waals surface area (Å²) in [5.74, 6) is -0.517. The SMILES string of the molecule is O=C(Nc1ccccc1)c1ccccc1NS(=O)(=O)c1ccc(Cl)c([N+](=O)[O-])c1. The first kappa shape index (κ1) is 20.3. The number of sulfonamides is 1. The van der Waals surface area contributed by atoms with E-state index < -0.39 is 26.5 Å². The molecular weight excluding hydrogens is 418 g/mol. The quantitative estimate of drug-likeness (QED) is 0.445. The molecule has 0 aromatic heterocycles. The van der Waals surface area contributed by atoms with Crippen LogP contribution in [0.2, 0.25) is 5.02 Å². The van der Waals surface area contributed by atoms with Crippen molar-refractivity contribution >= 4 is 44.6 Å². The van der Waals surface area contributed by atoms with Gasteiger partial charge in [-0.15, -0.1) is 0 Å². The van der Waals surface area contributed by atoms with Crippen LogP contribution in [0.1, 0.15) is 10.4 Å². The molecular formula is C19H14ClN3O5S. The summed E-state index contributed by atoms with van der Waals surface area (Å²) in [7, 11) is -4.21. The van der Waals surface area contributed by atoms with Crippen LogP contribution in [0.25, 0.3) is 0 Å². The number of hydrogen-bond donors (Lipinski definition) is 2. The van der Waals surface area contributed by atoms with Gasteiger partial charge in [-0.3, -0.25) is 19.6 Å². The number of nitrogens with one attached hydrogen (secondary N) is 2. The maximum Gasteiger partial charge on any atom is 0.289 e. The van der Waals surface area contributed by atoms with Crippen LogP contribution in [-0.2, 0) is 10.0 Å². The molecule has 3 aromatic rings. The number of nitro groups is 1. The van der Waals surface area contributed by atoms with Crippen LogP contribution in [0.15, 0.2) is 77.7 Å². The van der Waals surface area contributed by atoms with Gasteiger partial charge in [-0.2, -0.15) is 0 Å². The highest BCUT2D eigenvalue weighted by molar-refractivity contribution is 7.92. The van der Waals surface area contributed by atoms with Gasteiger partial charge < -0.3 is 5.32 Å². The van der Waals surface area contributed by atoms with E-state index in [1.54, 1.807) is 42.5 Å². The number of amides is 1. The lowest BCUT2D eigenvalue weighted by Crippen LogP contribution is -2.18. The highest BCUT2D eigenvalue weighted by Gasteiger charge is 2.22. The zero-order chi connectivity index (χ0) is 21.0. The predicted molar refractivity (Wildman–Crippen MR) is 110 cm³/mol. The molecule has 0 saturated heterocycles. The largest absolute Gasteiger partial charge is 0.322 e. The fourth-order valence-electron chi connectivity index (χ4n) is 2.49. The standard InChI is InChI=1S/C19H14ClN3O5S/c20-16-11-10-14(12-18(16)23(25)26)29(27,28)22-17-9-5-4-8-15(17)19(24)21-13-6-2-1-3-7-13/h1-12,22H,(H,21,24). The molecule has 0 aliphatic heterocycles. The molecule has 0 bridgehead atoms. The van der Waals surface area contributed by atoms with E-state index in [-0.39, 0.29) is 21.2 Å². The molecule has 1 amide bonds. The van der Waals surface area contributed by atoms with Gasteiger partial charge in [0.1, 0.15) is 5.02 Å². The molecule has 0 saturated carbocycles. The molecule has 0 aliphatic carbocycles. The average Bonchev–Trinajstić information content (AvgIpc) is 2.68. The molecule has 0 atom stereocenters. The Hall–Kier alpha value is -3.43. The number of halogens is 1. The number of nitrogens with zero attached hydrogens (tertiary/aromatic N) is 1. The number of para-hydroxylation sites is 2. The van der Waals surface area contributed by atoms with Crippen molar-refractivity contribution in [3.05, 3.63) is 93.5 Å². The molecule has 8 nitrogen and oxygen atoms in total. The smallest absolute Gasteiger partial charge is 0.289 e. The Morgan fingerprint density at radius 2 is 1.62 bits per heavy atom. The van der Waals surface area contributed by atoms with Crippen LogP contribution in [0.4, 0.5) is 17.1 Å². The second-order valence-corrected chi connectivity index (χ2v) is 7.93. The minimum absolute atomic E-state index is 0.0264. The zero-order valence-corrected chi connectivity index (χ0v) is 16.3. The summed E-state index contributed by atoms with van der Waals surface area (Å²) in [5.41, 5.74) is 0.120. The van der Waals surface area contributed by atoms with Crippen molar-refractivity contribution in [3.8, 4) is 0 Å². The fourth-order valence-corrected chi connectivity index (χ4v) is 3.78. The molecule has 0 spiro atoms. The van der Waals surface area contributed by atoms with Gasteiger partial charge in [0, 0.05) is 11.8 Å². The molecule has 148 valence electrons. The van der Waals surface area contributed by atoms with E-state index in [9.17, 15) is 23.3 Å². The van der Waals surface area contributed by atoms with Crippen molar-refractivity contribution in [1.82, 2.24) is 0 Å². The maximum absolute atomic E-state index is 12.7. The van der Waals surface area contributed by atoms with Gasteiger partial charge >= 0.3 is 0 Å². The second kappa shape index (κ2) is 8.29. The first-order valence-electron chi connectivity index (χ1n) is 8.20. The van der Waals surface area contributed by atoms with Crippen LogP contribution >= 0.6 is 11.6 Å². The Kier molecular flexibility index (Phi) is 5.81. The lowest BCUT2D eigenvalue weighted by atomic mass is 10.1. The highest BCUT2D eigenvalue weighted by Crippen LogP contribution is 2.28. The summed E-state index contributed by atoms with van der Waals surface area (Å²) < 4.78 is 27.7. The first-order valence-corrected chi connectivity index (χ1v) is 10.1.